The van der Waals surface area contributed by atoms with Crippen molar-refractivity contribution in [2.75, 3.05) is 25.6 Å². The van der Waals surface area contributed by atoms with E-state index in [-0.39, 0.29) is 22.3 Å². The lowest BCUT2D eigenvalue weighted by atomic mass is 10.2. The number of hydrogen-bond donors (Lipinski definition) is 2. The molecule has 1 heterocycles. The first kappa shape index (κ1) is 20.0. The lowest BCUT2D eigenvalue weighted by Crippen LogP contribution is -2.26. The van der Waals surface area contributed by atoms with Crippen LogP contribution in [0.15, 0.2) is 36.5 Å². The Morgan fingerprint density at radius 1 is 1.23 bits per heavy atom. The number of methoxy groups -OCH3 is 1. The van der Waals surface area contributed by atoms with Crippen LogP contribution >= 0.6 is 11.6 Å². The molecule has 140 valence electrons. The summed E-state index contributed by atoms with van der Waals surface area (Å²) in [7, 11) is 1.58. The minimum atomic E-state index is -4.54. The number of pyridine rings is 1. The molecule has 0 aliphatic rings. The molecule has 2 aromatic rings. The monoisotopic (exact) mass is 387 g/mol. The van der Waals surface area contributed by atoms with Gasteiger partial charge in [-0.25, -0.2) is 4.98 Å². The van der Waals surface area contributed by atoms with Crippen molar-refractivity contribution in [2.45, 2.75) is 12.6 Å². The van der Waals surface area contributed by atoms with Crippen LogP contribution in [0.1, 0.15) is 22.5 Å². The molecule has 0 fully saturated rings. The molecule has 0 aliphatic carbocycles. The first-order chi connectivity index (χ1) is 12.3. The molecule has 0 unspecified atom stereocenters. The molecular weight excluding hydrogens is 371 g/mol. The fourth-order valence-corrected chi connectivity index (χ4v) is 2.32. The quantitative estimate of drug-likeness (QED) is 0.697. The van der Waals surface area contributed by atoms with Crippen LogP contribution in [-0.4, -0.2) is 31.2 Å². The van der Waals surface area contributed by atoms with Gasteiger partial charge in [-0.1, -0.05) is 11.6 Å². The van der Waals surface area contributed by atoms with E-state index in [2.05, 4.69) is 15.6 Å². The molecule has 0 spiro atoms. The summed E-state index contributed by atoms with van der Waals surface area (Å²) in [5.41, 5.74) is -0.0686. The number of hydrogen-bond acceptors (Lipinski definition) is 4. The number of amides is 1. The number of aromatic nitrogens is 1. The minimum Gasteiger partial charge on any atom is -0.385 e. The molecule has 1 aromatic heterocycles. The van der Waals surface area contributed by atoms with E-state index in [1.807, 2.05) is 0 Å². The minimum absolute atomic E-state index is 0.208. The van der Waals surface area contributed by atoms with E-state index in [0.717, 1.165) is 6.07 Å². The Balaban J connectivity index is 2.02. The number of alkyl halides is 3. The number of carbonyl (C=O) groups excluding carboxylic acids is 1. The van der Waals surface area contributed by atoms with Gasteiger partial charge in [0.1, 0.15) is 5.69 Å². The van der Waals surface area contributed by atoms with Gasteiger partial charge in [-0.15, -0.1) is 0 Å². The van der Waals surface area contributed by atoms with E-state index in [4.69, 9.17) is 16.3 Å². The van der Waals surface area contributed by atoms with Crippen LogP contribution in [0.25, 0.3) is 0 Å². The van der Waals surface area contributed by atoms with E-state index in [1.165, 1.54) is 24.4 Å². The number of halogens is 4. The molecule has 5 nitrogen and oxygen atoms in total. The summed E-state index contributed by atoms with van der Waals surface area (Å²) < 4.78 is 43.5. The van der Waals surface area contributed by atoms with Crippen molar-refractivity contribution >= 4 is 28.9 Å². The first-order valence-corrected chi connectivity index (χ1v) is 8.06. The summed E-state index contributed by atoms with van der Waals surface area (Å²) >= 11 is 5.59. The third-order valence-corrected chi connectivity index (χ3v) is 3.70. The van der Waals surface area contributed by atoms with E-state index in [1.54, 1.807) is 13.2 Å². The zero-order valence-corrected chi connectivity index (χ0v) is 14.6. The van der Waals surface area contributed by atoms with Gasteiger partial charge < -0.3 is 15.4 Å². The molecule has 0 atom stereocenters. The second kappa shape index (κ2) is 8.86. The number of nitrogens with one attached hydrogen (secondary N) is 2. The van der Waals surface area contributed by atoms with E-state index < -0.39 is 11.7 Å². The number of benzene rings is 1. The van der Waals surface area contributed by atoms with Gasteiger partial charge in [0.25, 0.3) is 5.91 Å². The highest BCUT2D eigenvalue weighted by molar-refractivity contribution is 6.31. The highest BCUT2D eigenvalue weighted by Gasteiger charge is 2.33. The molecule has 0 saturated carbocycles. The maximum atomic E-state index is 12.9. The van der Waals surface area contributed by atoms with Gasteiger partial charge in [-0.3, -0.25) is 4.79 Å². The third-order valence-electron chi connectivity index (χ3n) is 3.37. The Morgan fingerprint density at radius 3 is 2.58 bits per heavy atom. The normalized spacial score (nSPS) is 11.3. The van der Waals surface area contributed by atoms with Gasteiger partial charge in [0, 0.05) is 25.9 Å². The molecule has 26 heavy (non-hydrogen) atoms. The second-order valence-electron chi connectivity index (χ2n) is 5.35. The molecule has 0 saturated heterocycles. The van der Waals surface area contributed by atoms with Gasteiger partial charge in [0.15, 0.2) is 0 Å². The Labute approximate surface area is 153 Å². The van der Waals surface area contributed by atoms with Crippen LogP contribution in [0, 0.1) is 0 Å². The topological polar surface area (TPSA) is 63.2 Å². The van der Waals surface area contributed by atoms with Gasteiger partial charge in [-0.2, -0.15) is 13.2 Å². The average Bonchev–Trinajstić information content (AvgIpc) is 2.60. The van der Waals surface area contributed by atoms with Crippen molar-refractivity contribution in [3.63, 3.8) is 0 Å². The average molecular weight is 388 g/mol. The largest absolute Gasteiger partial charge is 0.417 e. The van der Waals surface area contributed by atoms with E-state index in [9.17, 15) is 18.0 Å². The molecule has 9 heteroatoms. The summed E-state index contributed by atoms with van der Waals surface area (Å²) in [6.45, 7) is 0.997. The van der Waals surface area contributed by atoms with Crippen LogP contribution in [-0.2, 0) is 10.9 Å². The highest BCUT2D eigenvalue weighted by atomic mass is 35.5. The first-order valence-electron chi connectivity index (χ1n) is 7.68. The summed E-state index contributed by atoms with van der Waals surface area (Å²) in [5.74, 6) is -0.335. The number of carbonyl (C=O) groups is 1. The van der Waals surface area contributed by atoms with Crippen molar-refractivity contribution in [3.05, 3.63) is 52.8 Å². The van der Waals surface area contributed by atoms with Crippen LogP contribution in [0.2, 0.25) is 5.02 Å². The van der Waals surface area contributed by atoms with Crippen LogP contribution in [0.4, 0.5) is 24.5 Å². The molecule has 2 N–H and O–H groups in total. The number of anilines is 2. The summed E-state index contributed by atoms with van der Waals surface area (Å²) in [5, 5.41) is 5.12. The van der Waals surface area contributed by atoms with Crippen molar-refractivity contribution in [1.82, 2.24) is 10.3 Å². The molecule has 1 amide bonds. The van der Waals surface area contributed by atoms with Gasteiger partial charge in [0.2, 0.25) is 0 Å². The zero-order valence-electron chi connectivity index (χ0n) is 13.9. The number of ether oxygens (including phenoxy) is 1. The lowest BCUT2D eigenvalue weighted by Gasteiger charge is -2.12. The van der Waals surface area contributed by atoms with Crippen molar-refractivity contribution < 1.29 is 22.7 Å². The number of rotatable bonds is 7. The molecule has 0 bridgehead atoms. The number of nitrogens with zero attached hydrogens (tertiary/aromatic N) is 1. The molecule has 1 aromatic carbocycles. The maximum Gasteiger partial charge on any atom is 0.417 e. The van der Waals surface area contributed by atoms with E-state index in [0.29, 0.717) is 25.3 Å². The van der Waals surface area contributed by atoms with Crippen molar-refractivity contribution in [3.8, 4) is 0 Å². The zero-order chi connectivity index (χ0) is 19.2. The van der Waals surface area contributed by atoms with Gasteiger partial charge in [0.05, 0.1) is 22.5 Å². The van der Waals surface area contributed by atoms with E-state index >= 15 is 0 Å². The van der Waals surface area contributed by atoms with Crippen LogP contribution in [0.3, 0.4) is 0 Å². The molecule has 0 radical (unpaired) electrons. The summed E-state index contributed by atoms with van der Waals surface area (Å²) in [4.78, 5) is 15.9. The lowest BCUT2D eigenvalue weighted by molar-refractivity contribution is -0.137. The molecular formula is C17H17ClF3N3O2. The van der Waals surface area contributed by atoms with Gasteiger partial charge in [-0.05, 0) is 36.8 Å². The SMILES string of the molecule is COCCCNC(=O)c1ccc(Nc2ccc(Cl)c(C(F)(F)F)c2)cn1. The Morgan fingerprint density at radius 2 is 1.96 bits per heavy atom. The summed E-state index contributed by atoms with van der Waals surface area (Å²) in [6.07, 6.45) is -2.50. The fourth-order valence-electron chi connectivity index (χ4n) is 2.10. The predicted molar refractivity (Wildman–Crippen MR) is 92.8 cm³/mol. The predicted octanol–water partition coefficient (Wildman–Crippen LogP) is 4.26. The smallest absolute Gasteiger partial charge is 0.385 e. The molecule has 2 rings (SSSR count). The van der Waals surface area contributed by atoms with Crippen LogP contribution < -0.4 is 10.6 Å². The highest BCUT2D eigenvalue weighted by Crippen LogP contribution is 2.36. The Bertz CT molecular complexity index is 752. The standard InChI is InChI=1S/C17H17ClF3N3O2/c1-26-8-2-7-22-16(25)15-6-4-12(10-23-15)24-11-3-5-14(18)13(9-11)17(19,20)21/h3-6,9-10,24H,2,7-8H2,1H3,(H,22,25). The van der Waals surface area contributed by atoms with Gasteiger partial charge >= 0.3 is 6.18 Å². The Kier molecular flexibility index (Phi) is 6.82. The molecule has 0 aliphatic heterocycles. The Hall–Kier alpha value is -2.32. The second-order valence-corrected chi connectivity index (χ2v) is 5.76. The fraction of sp³-hybridized carbons (Fsp3) is 0.294. The maximum absolute atomic E-state index is 12.9. The third kappa shape index (κ3) is 5.60. The summed E-state index contributed by atoms with van der Waals surface area (Å²) in [6, 6.07) is 6.54. The van der Waals surface area contributed by atoms with Crippen molar-refractivity contribution in [2.24, 2.45) is 0 Å². The van der Waals surface area contributed by atoms with Crippen molar-refractivity contribution in [1.29, 1.82) is 0 Å². The van der Waals surface area contributed by atoms with Crippen LogP contribution in [0.5, 0.6) is 0 Å².